The Morgan fingerprint density at radius 3 is 2.44 bits per heavy atom. The molecular weight excluding hydrogens is 204 g/mol. The van der Waals surface area contributed by atoms with Gasteiger partial charge < -0.3 is 14.9 Å². The molecule has 0 aliphatic heterocycles. The molecule has 1 rings (SSSR count). The quantitative estimate of drug-likeness (QED) is 0.779. The van der Waals surface area contributed by atoms with E-state index in [9.17, 15) is 10.2 Å². The van der Waals surface area contributed by atoms with Crippen molar-refractivity contribution < 1.29 is 14.9 Å². The molecular formula is C13H20O3. The van der Waals surface area contributed by atoms with Gasteiger partial charge in [0.25, 0.3) is 0 Å². The Kier molecular flexibility index (Phi) is 5.29. The Balaban J connectivity index is 2.71. The molecule has 0 saturated carbocycles. The summed E-state index contributed by atoms with van der Waals surface area (Å²) in [5.74, 6) is 0.657. The molecule has 2 N–H and O–H groups in total. The van der Waals surface area contributed by atoms with Crippen LogP contribution in [0.1, 0.15) is 38.4 Å². The van der Waals surface area contributed by atoms with Crippen molar-refractivity contribution in [3.63, 3.8) is 0 Å². The highest BCUT2D eigenvalue weighted by molar-refractivity contribution is 5.35. The molecule has 0 aliphatic carbocycles. The van der Waals surface area contributed by atoms with Crippen molar-refractivity contribution in [2.45, 2.75) is 38.9 Å². The molecule has 0 saturated heterocycles. The maximum Gasteiger partial charge on any atom is 0.125 e. The molecule has 90 valence electrons. The van der Waals surface area contributed by atoms with E-state index in [-0.39, 0.29) is 6.61 Å². The van der Waals surface area contributed by atoms with Crippen LogP contribution in [-0.4, -0.2) is 22.9 Å². The minimum absolute atomic E-state index is 0.268. The van der Waals surface area contributed by atoms with E-state index in [1.807, 2.05) is 38.1 Å². The summed E-state index contributed by atoms with van der Waals surface area (Å²) in [5.41, 5.74) is 0.785. The maximum atomic E-state index is 9.79. The summed E-state index contributed by atoms with van der Waals surface area (Å²) in [7, 11) is 0. The van der Waals surface area contributed by atoms with E-state index in [1.54, 1.807) is 0 Å². The van der Waals surface area contributed by atoms with Crippen molar-refractivity contribution in [3.8, 4) is 5.75 Å². The largest absolute Gasteiger partial charge is 0.491 e. The third kappa shape index (κ3) is 3.51. The summed E-state index contributed by atoms with van der Waals surface area (Å²) in [6, 6.07) is 7.40. The van der Waals surface area contributed by atoms with E-state index >= 15 is 0 Å². The molecule has 0 aliphatic rings. The summed E-state index contributed by atoms with van der Waals surface area (Å²) in [4.78, 5) is 0. The second-order valence-electron chi connectivity index (χ2n) is 3.83. The number of aliphatic hydroxyl groups is 2. The third-order valence-corrected chi connectivity index (χ3v) is 2.57. The molecule has 0 fully saturated rings. The lowest BCUT2D eigenvalue weighted by molar-refractivity contribution is 0.0999. The van der Waals surface area contributed by atoms with E-state index in [0.717, 1.165) is 5.56 Å². The topological polar surface area (TPSA) is 49.7 Å². The van der Waals surface area contributed by atoms with Gasteiger partial charge in [-0.2, -0.15) is 0 Å². The highest BCUT2D eigenvalue weighted by Crippen LogP contribution is 2.26. The van der Waals surface area contributed by atoms with E-state index < -0.39 is 12.2 Å². The minimum Gasteiger partial charge on any atom is -0.491 e. The average Bonchev–Trinajstić information content (AvgIpc) is 2.35. The number of para-hydroxylation sites is 1. The fourth-order valence-corrected chi connectivity index (χ4v) is 1.41. The number of rotatable bonds is 6. The molecule has 0 spiro atoms. The highest BCUT2D eigenvalue weighted by Gasteiger charge is 2.11. The van der Waals surface area contributed by atoms with E-state index in [2.05, 4.69) is 0 Å². The van der Waals surface area contributed by atoms with Crippen molar-refractivity contribution in [3.05, 3.63) is 29.8 Å². The SMILES string of the molecule is CCC(O)COc1ccccc1[C@H](O)CC. The molecule has 0 amide bonds. The van der Waals surface area contributed by atoms with Crippen LogP contribution in [0.3, 0.4) is 0 Å². The Hall–Kier alpha value is -1.06. The Labute approximate surface area is 96.7 Å². The summed E-state index contributed by atoms with van der Waals surface area (Å²) in [6.07, 6.45) is 0.358. The van der Waals surface area contributed by atoms with Crippen molar-refractivity contribution in [2.24, 2.45) is 0 Å². The predicted octanol–water partition coefficient (Wildman–Crippen LogP) is 2.28. The number of ether oxygens (including phenoxy) is 1. The Bertz CT molecular complexity index is 312. The van der Waals surface area contributed by atoms with Gasteiger partial charge in [0.1, 0.15) is 12.4 Å². The van der Waals surface area contributed by atoms with Crippen LogP contribution >= 0.6 is 0 Å². The molecule has 3 heteroatoms. The van der Waals surface area contributed by atoms with Crippen molar-refractivity contribution in [1.82, 2.24) is 0 Å². The van der Waals surface area contributed by atoms with Crippen LogP contribution in [0.25, 0.3) is 0 Å². The van der Waals surface area contributed by atoms with E-state index in [4.69, 9.17) is 4.74 Å². The van der Waals surface area contributed by atoms with Crippen LogP contribution in [0, 0.1) is 0 Å². The molecule has 2 atom stereocenters. The first-order chi connectivity index (χ1) is 7.69. The van der Waals surface area contributed by atoms with Gasteiger partial charge in [0, 0.05) is 5.56 Å². The molecule has 1 unspecified atom stereocenters. The Morgan fingerprint density at radius 1 is 1.12 bits per heavy atom. The number of aliphatic hydroxyl groups excluding tert-OH is 2. The van der Waals surface area contributed by atoms with E-state index in [0.29, 0.717) is 18.6 Å². The van der Waals surface area contributed by atoms with Crippen LogP contribution < -0.4 is 4.74 Å². The first-order valence-electron chi connectivity index (χ1n) is 5.76. The monoisotopic (exact) mass is 224 g/mol. The molecule has 0 radical (unpaired) electrons. The van der Waals surface area contributed by atoms with Crippen LogP contribution in [-0.2, 0) is 0 Å². The van der Waals surface area contributed by atoms with Gasteiger partial charge in [-0.3, -0.25) is 0 Å². The maximum absolute atomic E-state index is 9.79. The zero-order valence-electron chi connectivity index (χ0n) is 9.89. The van der Waals surface area contributed by atoms with Gasteiger partial charge in [-0.05, 0) is 18.9 Å². The molecule has 3 nitrogen and oxygen atoms in total. The zero-order valence-corrected chi connectivity index (χ0v) is 9.89. The van der Waals surface area contributed by atoms with Crippen molar-refractivity contribution >= 4 is 0 Å². The third-order valence-electron chi connectivity index (χ3n) is 2.57. The number of benzene rings is 1. The number of hydrogen-bond acceptors (Lipinski definition) is 3. The molecule has 0 bridgehead atoms. The van der Waals surface area contributed by atoms with Crippen LogP contribution in [0.2, 0.25) is 0 Å². The average molecular weight is 224 g/mol. The molecule has 1 aromatic carbocycles. The predicted molar refractivity (Wildman–Crippen MR) is 63.5 cm³/mol. The second kappa shape index (κ2) is 6.51. The lowest BCUT2D eigenvalue weighted by Crippen LogP contribution is -2.17. The molecule has 16 heavy (non-hydrogen) atoms. The minimum atomic E-state index is -0.505. The second-order valence-corrected chi connectivity index (χ2v) is 3.83. The fourth-order valence-electron chi connectivity index (χ4n) is 1.41. The molecule has 1 aromatic rings. The van der Waals surface area contributed by atoms with Crippen LogP contribution in [0.15, 0.2) is 24.3 Å². The van der Waals surface area contributed by atoms with Crippen molar-refractivity contribution in [2.75, 3.05) is 6.61 Å². The Morgan fingerprint density at radius 2 is 1.81 bits per heavy atom. The highest BCUT2D eigenvalue weighted by atomic mass is 16.5. The van der Waals surface area contributed by atoms with Crippen molar-refractivity contribution in [1.29, 1.82) is 0 Å². The summed E-state index contributed by atoms with van der Waals surface area (Å²) >= 11 is 0. The smallest absolute Gasteiger partial charge is 0.125 e. The van der Waals surface area contributed by atoms with Gasteiger partial charge in [-0.25, -0.2) is 0 Å². The van der Waals surface area contributed by atoms with Crippen LogP contribution in [0.5, 0.6) is 5.75 Å². The standard InChI is InChI=1S/C13H20O3/c1-3-10(14)9-16-13-8-6-5-7-11(13)12(15)4-2/h5-8,10,12,14-15H,3-4,9H2,1-2H3/t10?,12-/m1/s1. The van der Waals surface area contributed by atoms with Gasteiger partial charge in [0.2, 0.25) is 0 Å². The number of hydrogen-bond donors (Lipinski definition) is 2. The first-order valence-corrected chi connectivity index (χ1v) is 5.76. The molecule has 0 heterocycles. The fraction of sp³-hybridized carbons (Fsp3) is 0.538. The summed E-state index contributed by atoms with van der Waals surface area (Å²) < 4.78 is 5.50. The van der Waals surface area contributed by atoms with Gasteiger partial charge in [0.15, 0.2) is 0 Å². The van der Waals surface area contributed by atoms with Gasteiger partial charge in [-0.15, -0.1) is 0 Å². The zero-order chi connectivity index (χ0) is 12.0. The lowest BCUT2D eigenvalue weighted by Gasteiger charge is -2.16. The lowest BCUT2D eigenvalue weighted by atomic mass is 10.1. The first kappa shape index (κ1) is 13.0. The van der Waals surface area contributed by atoms with Gasteiger partial charge in [-0.1, -0.05) is 32.0 Å². The van der Waals surface area contributed by atoms with Crippen LogP contribution in [0.4, 0.5) is 0 Å². The van der Waals surface area contributed by atoms with Gasteiger partial charge in [0.05, 0.1) is 12.2 Å². The van der Waals surface area contributed by atoms with E-state index in [1.165, 1.54) is 0 Å². The summed E-state index contributed by atoms with van der Waals surface area (Å²) in [6.45, 7) is 4.09. The van der Waals surface area contributed by atoms with Gasteiger partial charge >= 0.3 is 0 Å². The summed E-state index contributed by atoms with van der Waals surface area (Å²) in [5, 5.41) is 19.2. The normalized spacial score (nSPS) is 14.5. The molecule has 0 aromatic heterocycles.